The molecule has 0 radical (unpaired) electrons. The molecule has 0 bridgehead atoms. The molecule has 0 spiro atoms. The molecule has 2 nitrogen and oxygen atoms in total. The van der Waals surface area contributed by atoms with Gasteiger partial charge in [-0.3, -0.25) is 0 Å². The normalized spacial score (nSPS) is 19.4. The maximum Gasteiger partial charge on any atom is 0.0721 e. The molecule has 3 rings (SSSR count). The van der Waals surface area contributed by atoms with Crippen molar-refractivity contribution in [2.45, 2.75) is 32.5 Å². The van der Waals surface area contributed by atoms with Crippen molar-refractivity contribution in [1.29, 1.82) is 0 Å². The number of benzene rings is 2. The highest BCUT2D eigenvalue weighted by Gasteiger charge is 2.22. The lowest BCUT2D eigenvalue weighted by atomic mass is 9.96. The zero-order valence-electron chi connectivity index (χ0n) is 12.1. The van der Waals surface area contributed by atoms with Gasteiger partial charge in [-0.2, -0.15) is 0 Å². The zero-order chi connectivity index (χ0) is 13.9. The third-order valence-electron chi connectivity index (χ3n) is 4.08. The van der Waals surface area contributed by atoms with Crippen LogP contribution in [0.3, 0.4) is 0 Å². The van der Waals surface area contributed by atoms with Gasteiger partial charge in [-0.25, -0.2) is 0 Å². The molecule has 0 aliphatic carbocycles. The van der Waals surface area contributed by atoms with Crippen molar-refractivity contribution >= 4 is 0 Å². The van der Waals surface area contributed by atoms with E-state index >= 15 is 0 Å². The Morgan fingerprint density at radius 2 is 1.85 bits per heavy atom. The van der Waals surface area contributed by atoms with E-state index in [1.807, 2.05) is 0 Å². The van der Waals surface area contributed by atoms with Crippen LogP contribution >= 0.6 is 0 Å². The molecule has 2 aromatic carbocycles. The largest absolute Gasteiger partial charge is 0.375 e. The first kappa shape index (κ1) is 13.3. The standard InChI is InChI=1S/C18H21NO/c1-13-7-3-5-9-16(13)14(2)19-18-12-20-11-15-8-4-6-10-17(15)18/h3-10,14,18-19H,11-12H2,1-2H3. The van der Waals surface area contributed by atoms with Crippen LogP contribution < -0.4 is 5.32 Å². The highest BCUT2D eigenvalue weighted by Crippen LogP contribution is 2.27. The van der Waals surface area contributed by atoms with Gasteiger partial charge in [0.1, 0.15) is 0 Å². The molecular weight excluding hydrogens is 246 g/mol. The summed E-state index contributed by atoms with van der Waals surface area (Å²) in [5.41, 5.74) is 5.36. The number of fused-ring (bicyclic) bond motifs is 1. The van der Waals surface area contributed by atoms with Gasteiger partial charge in [0.05, 0.1) is 19.3 Å². The van der Waals surface area contributed by atoms with Gasteiger partial charge in [-0.15, -0.1) is 0 Å². The monoisotopic (exact) mass is 267 g/mol. The molecule has 2 heteroatoms. The van der Waals surface area contributed by atoms with Gasteiger partial charge in [0.15, 0.2) is 0 Å². The lowest BCUT2D eigenvalue weighted by molar-refractivity contribution is 0.0790. The predicted octanol–water partition coefficient (Wildman–Crippen LogP) is 3.92. The number of aryl methyl sites for hydroxylation is 1. The van der Waals surface area contributed by atoms with Crippen molar-refractivity contribution in [1.82, 2.24) is 5.32 Å². The van der Waals surface area contributed by atoms with Crippen molar-refractivity contribution in [3.8, 4) is 0 Å². The SMILES string of the molecule is Cc1ccccc1C(C)NC1COCc2ccccc21. The Labute approximate surface area is 120 Å². The van der Waals surface area contributed by atoms with Gasteiger partial charge in [0.2, 0.25) is 0 Å². The lowest BCUT2D eigenvalue weighted by Crippen LogP contribution is -2.31. The quantitative estimate of drug-likeness (QED) is 0.910. The van der Waals surface area contributed by atoms with E-state index in [4.69, 9.17) is 4.74 Å². The molecule has 0 aromatic heterocycles. The van der Waals surface area contributed by atoms with E-state index in [2.05, 4.69) is 67.7 Å². The van der Waals surface area contributed by atoms with Crippen molar-refractivity contribution in [3.63, 3.8) is 0 Å². The summed E-state index contributed by atoms with van der Waals surface area (Å²) in [4.78, 5) is 0. The van der Waals surface area contributed by atoms with Crippen LogP contribution in [0.5, 0.6) is 0 Å². The van der Waals surface area contributed by atoms with Crippen molar-refractivity contribution in [2.24, 2.45) is 0 Å². The fourth-order valence-electron chi connectivity index (χ4n) is 2.98. The van der Waals surface area contributed by atoms with Crippen LogP contribution in [-0.4, -0.2) is 6.61 Å². The molecule has 1 heterocycles. The fourth-order valence-corrected chi connectivity index (χ4v) is 2.98. The van der Waals surface area contributed by atoms with E-state index < -0.39 is 0 Å². The zero-order valence-corrected chi connectivity index (χ0v) is 12.1. The van der Waals surface area contributed by atoms with Crippen molar-refractivity contribution in [3.05, 3.63) is 70.8 Å². The van der Waals surface area contributed by atoms with Crippen molar-refractivity contribution in [2.75, 3.05) is 6.61 Å². The van der Waals surface area contributed by atoms with Crippen LogP contribution in [0.15, 0.2) is 48.5 Å². The van der Waals surface area contributed by atoms with Crippen LogP contribution in [0, 0.1) is 6.92 Å². The van der Waals surface area contributed by atoms with E-state index in [-0.39, 0.29) is 6.04 Å². The van der Waals surface area contributed by atoms with E-state index in [0.717, 1.165) is 13.2 Å². The Kier molecular flexibility index (Phi) is 3.86. The van der Waals surface area contributed by atoms with Crippen LogP contribution in [-0.2, 0) is 11.3 Å². The minimum absolute atomic E-state index is 0.273. The van der Waals surface area contributed by atoms with Gasteiger partial charge in [-0.1, -0.05) is 48.5 Å². The first-order valence-corrected chi connectivity index (χ1v) is 7.23. The maximum atomic E-state index is 5.71. The molecule has 0 saturated heterocycles. The Balaban J connectivity index is 1.81. The molecule has 1 aliphatic heterocycles. The molecular formula is C18H21NO. The van der Waals surface area contributed by atoms with Gasteiger partial charge < -0.3 is 10.1 Å². The summed E-state index contributed by atoms with van der Waals surface area (Å²) >= 11 is 0. The Morgan fingerprint density at radius 3 is 2.70 bits per heavy atom. The fraction of sp³-hybridized carbons (Fsp3) is 0.333. The first-order chi connectivity index (χ1) is 9.75. The third-order valence-corrected chi connectivity index (χ3v) is 4.08. The molecule has 1 N–H and O–H groups in total. The summed E-state index contributed by atoms with van der Waals surface area (Å²) in [7, 11) is 0. The van der Waals surface area contributed by atoms with Crippen LogP contribution in [0.25, 0.3) is 0 Å². The smallest absolute Gasteiger partial charge is 0.0721 e. The predicted molar refractivity (Wildman–Crippen MR) is 81.6 cm³/mol. The maximum absolute atomic E-state index is 5.71. The average molecular weight is 267 g/mol. The molecule has 0 fully saturated rings. The van der Waals surface area contributed by atoms with Gasteiger partial charge in [0, 0.05) is 6.04 Å². The summed E-state index contributed by atoms with van der Waals surface area (Å²) in [5, 5.41) is 3.71. The average Bonchev–Trinajstić information content (AvgIpc) is 2.48. The second kappa shape index (κ2) is 5.78. The number of ether oxygens (including phenoxy) is 1. The topological polar surface area (TPSA) is 21.3 Å². The summed E-state index contributed by atoms with van der Waals surface area (Å²) in [6, 6.07) is 17.7. The van der Waals surface area contributed by atoms with Crippen molar-refractivity contribution < 1.29 is 4.74 Å². The molecule has 2 atom stereocenters. The van der Waals surface area contributed by atoms with Gasteiger partial charge in [0.25, 0.3) is 0 Å². The van der Waals surface area contributed by atoms with Gasteiger partial charge in [-0.05, 0) is 36.1 Å². The van der Waals surface area contributed by atoms with E-state index in [0.29, 0.717) is 6.04 Å². The summed E-state index contributed by atoms with van der Waals surface area (Å²) in [6.45, 7) is 5.86. The summed E-state index contributed by atoms with van der Waals surface area (Å²) in [6.07, 6.45) is 0. The van der Waals surface area contributed by atoms with E-state index in [9.17, 15) is 0 Å². The van der Waals surface area contributed by atoms with Crippen LogP contribution in [0.2, 0.25) is 0 Å². The lowest BCUT2D eigenvalue weighted by Gasteiger charge is -2.30. The number of hydrogen-bond acceptors (Lipinski definition) is 2. The first-order valence-electron chi connectivity index (χ1n) is 7.23. The molecule has 104 valence electrons. The Bertz CT molecular complexity index is 593. The van der Waals surface area contributed by atoms with E-state index in [1.165, 1.54) is 22.3 Å². The molecule has 0 amide bonds. The Morgan fingerprint density at radius 1 is 1.10 bits per heavy atom. The second-order valence-corrected chi connectivity index (χ2v) is 5.51. The summed E-state index contributed by atoms with van der Waals surface area (Å²) < 4.78 is 5.71. The van der Waals surface area contributed by atoms with Crippen LogP contribution in [0.1, 0.15) is 41.3 Å². The number of nitrogens with one attached hydrogen (secondary N) is 1. The molecule has 2 unspecified atom stereocenters. The minimum Gasteiger partial charge on any atom is -0.375 e. The van der Waals surface area contributed by atoms with Crippen LogP contribution in [0.4, 0.5) is 0 Å². The van der Waals surface area contributed by atoms with Gasteiger partial charge >= 0.3 is 0 Å². The highest BCUT2D eigenvalue weighted by atomic mass is 16.5. The van der Waals surface area contributed by atoms with E-state index in [1.54, 1.807) is 0 Å². The summed E-state index contributed by atoms with van der Waals surface area (Å²) in [5.74, 6) is 0. The molecule has 2 aromatic rings. The third kappa shape index (κ3) is 2.62. The highest BCUT2D eigenvalue weighted by molar-refractivity contribution is 5.33. The molecule has 1 aliphatic rings. The molecule has 0 saturated carbocycles. The number of rotatable bonds is 3. The minimum atomic E-state index is 0.273. The number of hydrogen-bond donors (Lipinski definition) is 1. The second-order valence-electron chi connectivity index (χ2n) is 5.51. The molecule has 20 heavy (non-hydrogen) atoms. The Hall–Kier alpha value is -1.64.